The van der Waals surface area contributed by atoms with Crippen LogP contribution in [0.5, 0.6) is 0 Å². The minimum absolute atomic E-state index is 0.0270. The molecule has 20 heavy (non-hydrogen) atoms. The molecule has 0 aliphatic carbocycles. The molecule has 0 atom stereocenters. The zero-order chi connectivity index (χ0) is 15.3. The first kappa shape index (κ1) is 16.3. The van der Waals surface area contributed by atoms with Crippen molar-refractivity contribution in [1.29, 1.82) is 5.26 Å². The van der Waals surface area contributed by atoms with E-state index in [1.165, 1.54) is 12.1 Å². The van der Waals surface area contributed by atoms with E-state index < -0.39 is 11.7 Å². The largest absolute Gasteiger partial charge is 0.417 e. The van der Waals surface area contributed by atoms with Crippen LogP contribution in [0.3, 0.4) is 0 Å². The van der Waals surface area contributed by atoms with Crippen molar-refractivity contribution in [2.45, 2.75) is 26.1 Å². The Balaban J connectivity index is 3.21. The lowest BCUT2D eigenvalue weighted by atomic mass is 10.1. The van der Waals surface area contributed by atoms with Crippen LogP contribution in [0.15, 0.2) is 18.2 Å². The van der Waals surface area contributed by atoms with Crippen LogP contribution >= 0.6 is 0 Å². The lowest BCUT2D eigenvalue weighted by molar-refractivity contribution is -0.137. The second kappa shape index (κ2) is 6.62. The number of nitriles is 1. The van der Waals surface area contributed by atoms with Crippen LogP contribution in [0.1, 0.15) is 25.0 Å². The normalized spacial score (nSPS) is 11.5. The minimum atomic E-state index is -4.54. The molecule has 1 aromatic rings. The van der Waals surface area contributed by atoms with Crippen LogP contribution in [0.25, 0.3) is 0 Å². The molecule has 0 spiro atoms. The van der Waals surface area contributed by atoms with Crippen molar-refractivity contribution in [3.05, 3.63) is 29.3 Å². The number of rotatable bonds is 5. The Labute approximate surface area is 116 Å². The van der Waals surface area contributed by atoms with E-state index in [1.807, 2.05) is 13.8 Å². The van der Waals surface area contributed by atoms with Gasteiger partial charge in [0, 0.05) is 25.4 Å². The van der Waals surface area contributed by atoms with Gasteiger partial charge in [0.15, 0.2) is 0 Å². The number of nitrogens with zero attached hydrogens (tertiary/aromatic N) is 2. The predicted octanol–water partition coefficient (Wildman–Crippen LogP) is 3.44. The number of alkyl halides is 3. The number of ether oxygens (including phenoxy) is 1. The lowest BCUT2D eigenvalue weighted by Gasteiger charge is -2.29. The first-order valence-corrected chi connectivity index (χ1v) is 6.18. The van der Waals surface area contributed by atoms with Crippen LogP contribution in [0.2, 0.25) is 0 Å². The molecule has 0 saturated carbocycles. The molecule has 1 aromatic carbocycles. The topological polar surface area (TPSA) is 36.3 Å². The molecule has 0 aliphatic rings. The van der Waals surface area contributed by atoms with Crippen LogP contribution in [-0.4, -0.2) is 26.3 Å². The van der Waals surface area contributed by atoms with Gasteiger partial charge in [-0.05, 0) is 32.0 Å². The summed E-state index contributed by atoms with van der Waals surface area (Å²) < 4.78 is 43.8. The average molecular weight is 286 g/mol. The predicted molar refractivity (Wildman–Crippen MR) is 70.5 cm³/mol. The van der Waals surface area contributed by atoms with E-state index in [9.17, 15) is 13.2 Å². The molecule has 0 saturated heterocycles. The fraction of sp³-hybridized carbons (Fsp3) is 0.500. The van der Waals surface area contributed by atoms with Gasteiger partial charge in [0.1, 0.15) is 0 Å². The van der Waals surface area contributed by atoms with Gasteiger partial charge in [-0.25, -0.2) is 0 Å². The van der Waals surface area contributed by atoms with Crippen molar-refractivity contribution >= 4 is 5.69 Å². The third-order valence-corrected chi connectivity index (χ3v) is 2.92. The smallest absolute Gasteiger partial charge is 0.383 e. The fourth-order valence-corrected chi connectivity index (χ4v) is 1.92. The van der Waals surface area contributed by atoms with Gasteiger partial charge in [-0.1, -0.05) is 0 Å². The minimum Gasteiger partial charge on any atom is -0.383 e. The van der Waals surface area contributed by atoms with Crippen molar-refractivity contribution in [3.8, 4) is 6.07 Å². The van der Waals surface area contributed by atoms with Crippen molar-refractivity contribution in [2.24, 2.45) is 0 Å². The molecule has 3 nitrogen and oxygen atoms in total. The van der Waals surface area contributed by atoms with E-state index in [0.717, 1.165) is 6.07 Å². The molecule has 0 aromatic heterocycles. The molecule has 0 aliphatic heterocycles. The molecule has 6 heteroatoms. The monoisotopic (exact) mass is 286 g/mol. The molecular weight excluding hydrogens is 269 g/mol. The number of benzene rings is 1. The van der Waals surface area contributed by atoms with Gasteiger partial charge in [0.2, 0.25) is 0 Å². The summed E-state index contributed by atoms with van der Waals surface area (Å²) >= 11 is 0. The Hall–Kier alpha value is -1.74. The van der Waals surface area contributed by atoms with E-state index in [2.05, 4.69) is 0 Å². The van der Waals surface area contributed by atoms with Crippen molar-refractivity contribution in [3.63, 3.8) is 0 Å². The van der Waals surface area contributed by atoms with Gasteiger partial charge < -0.3 is 9.64 Å². The molecule has 0 fully saturated rings. The highest BCUT2D eigenvalue weighted by molar-refractivity contribution is 5.55. The summed E-state index contributed by atoms with van der Waals surface area (Å²) in [6.07, 6.45) is -4.54. The summed E-state index contributed by atoms with van der Waals surface area (Å²) in [5, 5.41) is 8.78. The maximum absolute atomic E-state index is 12.9. The average Bonchev–Trinajstić information content (AvgIpc) is 2.37. The van der Waals surface area contributed by atoms with Crippen molar-refractivity contribution in [1.82, 2.24) is 0 Å². The number of hydrogen-bond donors (Lipinski definition) is 0. The van der Waals surface area contributed by atoms with Crippen molar-refractivity contribution in [2.75, 3.05) is 25.2 Å². The number of hydrogen-bond acceptors (Lipinski definition) is 3. The SMILES string of the molecule is COCCN(c1ccc(C#N)c(C(F)(F)F)c1)C(C)C. The van der Waals surface area contributed by atoms with Gasteiger partial charge in [-0.15, -0.1) is 0 Å². The number of halogens is 3. The van der Waals surface area contributed by atoms with Crippen LogP contribution in [0, 0.1) is 11.3 Å². The summed E-state index contributed by atoms with van der Waals surface area (Å²) in [5.74, 6) is 0. The highest BCUT2D eigenvalue weighted by Gasteiger charge is 2.34. The van der Waals surface area contributed by atoms with E-state index in [-0.39, 0.29) is 11.6 Å². The molecule has 0 unspecified atom stereocenters. The first-order chi connectivity index (χ1) is 9.31. The Morgan fingerprint density at radius 3 is 2.45 bits per heavy atom. The summed E-state index contributed by atoms with van der Waals surface area (Å²) in [7, 11) is 1.54. The summed E-state index contributed by atoms with van der Waals surface area (Å²) in [6.45, 7) is 4.68. The van der Waals surface area contributed by atoms with E-state index in [0.29, 0.717) is 18.8 Å². The van der Waals surface area contributed by atoms with Gasteiger partial charge in [0.25, 0.3) is 0 Å². The maximum Gasteiger partial charge on any atom is 0.417 e. The van der Waals surface area contributed by atoms with Crippen LogP contribution in [0.4, 0.5) is 18.9 Å². The number of methoxy groups -OCH3 is 1. The third kappa shape index (κ3) is 3.87. The second-order valence-electron chi connectivity index (χ2n) is 4.62. The van der Waals surface area contributed by atoms with Crippen LogP contribution < -0.4 is 4.90 Å². The van der Waals surface area contributed by atoms with Crippen LogP contribution in [-0.2, 0) is 10.9 Å². The van der Waals surface area contributed by atoms with Gasteiger partial charge in [0.05, 0.1) is 23.8 Å². The second-order valence-corrected chi connectivity index (χ2v) is 4.62. The maximum atomic E-state index is 12.9. The molecule has 0 N–H and O–H groups in total. The van der Waals surface area contributed by atoms with Gasteiger partial charge >= 0.3 is 6.18 Å². The van der Waals surface area contributed by atoms with E-state index in [1.54, 1.807) is 18.1 Å². The van der Waals surface area contributed by atoms with Gasteiger partial charge in [-0.2, -0.15) is 18.4 Å². The van der Waals surface area contributed by atoms with E-state index in [4.69, 9.17) is 10.00 Å². The third-order valence-electron chi connectivity index (χ3n) is 2.92. The summed E-state index contributed by atoms with van der Waals surface area (Å²) in [6, 6.07) is 5.37. The Kier molecular flexibility index (Phi) is 5.40. The molecule has 1 rings (SSSR count). The first-order valence-electron chi connectivity index (χ1n) is 6.18. The van der Waals surface area contributed by atoms with Gasteiger partial charge in [-0.3, -0.25) is 0 Å². The highest BCUT2D eigenvalue weighted by atomic mass is 19.4. The lowest BCUT2D eigenvalue weighted by Crippen LogP contribution is -2.34. The Morgan fingerprint density at radius 1 is 1.35 bits per heavy atom. The Bertz CT molecular complexity index is 492. The molecule has 110 valence electrons. The molecule has 0 radical (unpaired) electrons. The zero-order valence-corrected chi connectivity index (χ0v) is 11.7. The molecular formula is C14H17F3N2O. The fourth-order valence-electron chi connectivity index (χ4n) is 1.92. The van der Waals surface area contributed by atoms with Crippen molar-refractivity contribution < 1.29 is 17.9 Å². The standard InChI is InChI=1S/C14H17F3N2O/c1-10(2)19(6-7-20-3)12-5-4-11(9-18)13(8-12)14(15,16)17/h4-5,8,10H,6-7H2,1-3H3. The molecule has 0 amide bonds. The highest BCUT2D eigenvalue weighted by Crippen LogP contribution is 2.34. The summed E-state index contributed by atoms with van der Waals surface area (Å²) in [5.41, 5.74) is -0.833. The quantitative estimate of drug-likeness (QED) is 0.832. The molecule has 0 heterocycles. The van der Waals surface area contributed by atoms with E-state index >= 15 is 0 Å². The summed E-state index contributed by atoms with van der Waals surface area (Å²) in [4.78, 5) is 1.81. The zero-order valence-electron chi connectivity index (χ0n) is 11.7. The number of anilines is 1. The Morgan fingerprint density at radius 2 is 2.00 bits per heavy atom. The molecule has 0 bridgehead atoms.